The molecule has 0 bridgehead atoms. The van der Waals surface area contributed by atoms with Crippen LogP contribution < -0.4 is 0 Å². The first-order chi connectivity index (χ1) is 20.6. The summed E-state index contributed by atoms with van der Waals surface area (Å²) >= 11 is 0. The van der Waals surface area contributed by atoms with Gasteiger partial charge in [0.1, 0.15) is 11.5 Å². The first-order valence-corrected chi connectivity index (χ1v) is 17.6. The fraction of sp³-hybridized carbons (Fsp3) is 0.789. The summed E-state index contributed by atoms with van der Waals surface area (Å²) in [7, 11) is 0. The van der Waals surface area contributed by atoms with E-state index in [0.29, 0.717) is 56.2 Å². The van der Waals surface area contributed by atoms with Crippen LogP contribution in [0.25, 0.3) is 0 Å². The molecule has 0 aliphatic heterocycles. The molecule has 2 aliphatic rings. The number of hydrogen-bond donors (Lipinski definition) is 2. The van der Waals surface area contributed by atoms with Crippen molar-refractivity contribution in [2.24, 2.45) is 26.7 Å². The minimum atomic E-state index is -0.223. The Balaban J connectivity index is 1.95. The first kappa shape index (κ1) is 37.9. The highest BCUT2D eigenvalue weighted by Crippen LogP contribution is 2.38. The molecule has 0 fully saturated rings. The molecule has 0 aromatic heterocycles. The number of aliphatic hydroxyl groups excluding tert-OH is 2. The second-order valence-electron chi connectivity index (χ2n) is 15.7. The van der Waals surface area contributed by atoms with Gasteiger partial charge in [0.15, 0.2) is 11.6 Å². The molecule has 0 radical (unpaired) electrons. The van der Waals surface area contributed by atoms with E-state index in [-0.39, 0.29) is 40.0 Å². The van der Waals surface area contributed by atoms with Gasteiger partial charge in [-0.2, -0.15) is 0 Å². The van der Waals surface area contributed by atoms with E-state index in [2.05, 4.69) is 13.8 Å². The van der Waals surface area contributed by atoms with Gasteiger partial charge in [-0.3, -0.25) is 19.6 Å². The normalized spacial score (nSPS) is 19.6. The Bertz CT molecular complexity index is 1090. The zero-order valence-electron chi connectivity index (χ0n) is 29.5. The van der Waals surface area contributed by atoms with Crippen molar-refractivity contribution in [1.29, 1.82) is 0 Å². The second-order valence-corrected chi connectivity index (χ2v) is 15.7. The van der Waals surface area contributed by atoms with Crippen LogP contribution in [0.2, 0.25) is 0 Å². The molecule has 0 atom stereocenters. The van der Waals surface area contributed by atoms with Crippen molar-refractivity contribution in [1.82, 2.24) is 0 Å². The Morgan fingerprint density at radius 3 is 1.55 bits per heavy atom. The third-order valence-electron chi connectivity index (χ3n) is 8.77. The standard InChI is InChI=1S/C38H64N2O4/c1-27(2)19-15-11-9-10-14-18-22-39-29(35-31(41)23-37(5,6)24-32(35)42)20-16-12-13-17-21-30(40-28(3)4)36-33(43)25-38(7,8)26-34(36)44/h27-28,41,43H,9-26H2,1-8H3. The largest absolute Gasteiger partial charge is 0.511 e. The summed E-state index contributed by atoms with van der Waals surface area (Å²) in [5.41, 5.74) is 2.01. The van der Waals surface area contributed by atoms with Gasteiger partial charge >= 0.3 is 0 Å². The number of ketones is 2. The summed E-state index contributed by atoms with van der Waals surface area (Å²) < 4.78 is 0. The molecule has 0 amide bonds. The minimum Gasteiger partial charge on any atom is -0.511 e. The van der Waals surface area contributed by atoms with Crippen molar-refractivity contribution < 1.29 is 19.8 Å². The third-order valence-corrected chi connectivity index (χ3v) is 8.77. The molecule has 0 aromatic carbocycles. The molecule has 250 valence electrons. The molecule has 0 saturated heterocycles. The van der Waals surface area contributed by atoms with Crippen molar-refractivity contribution in [2.75, 3.05) is 6.54 Å². The lowest BCUT2D eigenvalue weighted by molar-refractivity contribution is -0.118. The molecule has 0 spiro atoms. The van der Waals surface area contributed by atoms with Gasteiger partial charge in [0.2, 0.25) is 0 Å². The number of carbonyl (C=O) groups is 2. The fourth-order valence-corrected chi connectivity index (χ4v) is 6.60. The smallest absolute Gasteiger partial charge is 0.168 e. The number of unbranched alkanes of at least 4 members (excludes halogenated alkanes) is 8. The maximum atomic E-state index is 13.1. The summed E-state index contributed by atoms with van der Waals surface area (Å²) in [6, 6.07) is 0.0515. The second kappa shape index (κ2) is 18.0. The molecule has 0 saturated carbocycles. The van der Waals surface area contributed by atoms with E-state index in [1.54, 1.807) is 0 Å². The van der Waals surface area contributed by atoms with Crippen LogP contribution >= 0.6 is 0 Å². The summed E-state index contributed by atoms with van der Waals surface area (Å²) in [5.74, 6) is 1.19. The van der Waals surface area contributed by atoms with Gasteiger partial charge in [0.05, 0.1) is 11.1 Å². The topological polar surface area (TPSA) is 99.3 Å². The molecule has 2 rings (SSSR count). The van der Waals surface area contributed by atoms with Crippen LogP contribution in [0.1, 0.15) is 165 Å². The van der Waals surface area contributed by atoms with Crippen LogP contribution in [-0.2, 0) is 9.59 Å². The number of nitrogens with zero attached hydrogens (tertiary/aromatic N) is 2. The summed E-state index contributed by atoms with van der Waals surface area (Å²) in [6.45, 7) is 17.4. The lowest BCUT2D eigenvalue weighted by atomic mass is 9.75. The molecule has 2 N–H and O–H groups in total. The monoisotopic (exact) mass is 612 g/mol. The lowest BCUT2D eigenvalue weighted by Gasteiger charge is -2.30. The molecule has 0 heterocycles. The number of aliphatic hydroxyl groups is 2. The summed E-state index contributed by atoms with van der Waals surface area (Å²) in [5, 5.41) is 21.6. The van der Waals surface area contributed by atoms with E-state index >= 15 is 0 Å². The van der Waals surface area contributed by atoms with Gasteiger partial charge in [0.25, 0.3) is 0 Å². The molecule has 6 nitrogen and oxygen atoms in total. The van der Waals surface area contributed by atoms with Crippen molar-refractivity contribution in [3.8, 4) is 0 Å². The van der Waals surface area contributed by atoms with Crippen molar-refractivity contribution in [3.05, 3.63) is 22.7 Å². The van der Waals surface area contributed by atoms with Crippen LogP contribution in [0.5, 0.6) is 0 Å². The molecule has 2 aliphatic carbocycles. The molecular formula is C38H64N2O4. The van der Waals surface area contributed by atoms with Gasteiger partial charge in [-0.05, 0) is 62.7 Å². The third kappa shape index (κ3) is 13.4. The Morgan fingerprint density at radius 1 is 0.636 bits per heavy atom. The van der Waals surface area contributed by atoms with Gasteiger partial charge in [-0.25, -0.2) is 0 Å². The van der Waals surface area contributed by atoms with E-state index in [9.17, 15) is 19.8 Å². The van der Waals surface area contributed by atoms with E-state index in [1.807, 2.05) is 41.5 Å². The average Bonchev–Trinajstić information content (AvgIpc) is 2.86. The predicted octanol–water partition coefficient (Wildman–Crippen LogP) is 10.4. The van der Waals surface area contributed by atoms with Crippen LogP contribution in [0.4, 0.5) is 0 Å². The molecular weight excluding hydrogens is 548 g/mol. The lowest BCUT2D eigenvalue weighted by Crippen LogP contribution is -2.29. The Hall–Kier alpha value is -2.24. The van der Waals surface area contributed by atoms with Crippen molar-refractivity contribution >= 4 is 23.0 Å². The number of Topliss-reactive ketones (excluding diaryl/α,β-unsaturated/α-hetero) is 2. The number of allylic oxidation sites excluding steroid dienone is 4. The number of hydrogen-bond acceptors (Lipinski definition) is 6. The maximum absolute atomic E-state index is 13.1. The van der Waals surface area contributed by atoms with E-state index in [4.69, 9.17) is 9.98 Å². The highest BCUT2D eigenvalue weighted by Gasteiger charge is 2.36. The van der Waals surface area contributed by atoms with Crippen LogP contribution in [-0.4, -0.2) is 45.8 Å². The summed E-state index contributed by atoms with van der Waals surface area (Å²) in [4.78, 5) is 35.7. The summed E-state index contributed by atoms with van der Waals surface area (Å²) in [6.07, 6.45) is 15.5. The highest BCUT2D eigenvalue weighted by atomic mass is 16.3. The van der Waals surface area contributed by atoms with E-state index in [0.717, 1.165) is 55.9 Å². The molecule has 6 heteroatoms. The van der Waals surface area contributed by atoms with Gasteiger partial charge in [0, 0.05) is 49.7 Å². The fourth-order valence-electron chi connectivity index (χ4n) is 6.60. The highest BCUT2D eigenvalue weighted by molar-refractivity contribution is 6.24. The maximum Gasteiger partial charge on any atom is 0.168 e. The van der Waals surface area contributed by atoms with E-state index < -0.39 is 0 Å². The first-order valence-electron chi connectivity index (χ1n) is 17.6. The number of aliphatic imine (C=N–C) groups is 2. The van der Waals surface area contributed by atoms with Crippen LogP contribution in [0.15, 0.2) is 32.6 Å². The number of rotatable bonds is 19. The Labute approximate surface area is 269 Å². The number of carbonyl (C=O) groups excluding carboxylic acids is 2. The Morgan fingerprint density at radius 2 is 1.07 bits per heavy atom. The van der Waals surface area contributed by atoms with Crippen LogP contribution in [0, 0.1) is 16.7 Å². The van der Waals surface area contributed by atoms with Gasteiger partial charge < -0.3 is 10.2 Å². The average molecular weight is 613 g/mol. The quantitative estimate of drug-likeness (QED) is 0.112. The molecule has 0 unspecified atom stereocenters. The van der Waals surface area contributed by atoms with Gasteiger partial charge in [-0.1, -0.05) is 92.9 Å². The van der Waals surface area contributed by atoms with Gasteiger partial charge in [-0.15, -0.1) is 0 Å². The SMILES string of the molecule is CC(C)CCCCCCCCN=C(CCCCCCC(=NC(C)C)C1=C(O)CC(C)(C)CC1=O)C1=C(O)CC(C)(C)CC1=O. The minimum absolute atomic E-state index is 0.00135. The Kier molecular flexibility index (Phi) is 15.6. The predicted molar refractivity (Wildman–Crippen MR) is 185 cm³/mol. The van der Waals surface area contributed by atoms with Crippen molar-refractivity contribution in [2.45, 2.75) is 171 Å². The van der Waals surface area contributed by atoms with Crippen LogP contribution in [0.3, 0.4) is 0 Å². The van der Waals surface area contributed by atoms with Crippen molar-refractivity contribution in [3.63, 3.8) is 0 Å². The zero-order chi connectivity index (χ0) is 32.9. The zero-order valence-corrected chi connectivity index (χ0v) is 29.5. The molecule has 0 aromatic rings. The molecule has 44 heavy (non-hydrogen) atoms. The van der Waals surface area contributed by atoms with E-state index in [1.165, 1.54) is 32.1 Å².